The minimum Gasteiger partial charge on any atom is -0.377 e. The molecule has 4 rings (SSSR count). The van der Waals surface area contributed by atoms with Crippen LogP contribution in [0.2, 0.25) is 0 Å². The Labute approximate surface area is 210 Å². The third kappa shape index (κ3) is 6.61. The van der Waals surface area contributed by atoms with E-state index in [2.05, 4.69) is 95.7 Å². The Kier molecular flexibility index (Phi) is 8.77. The molecule has 1 saturated heterocycles. The van der Waals surface area contributed by atoms with E-state index in [0.29, 0.717) is 12.0 Å². The molecule has 1 aromatic heterocycles. The molecule has 0 radical (unpaired) electrons. The number of fused-ring (bicyclic) bond motifs is 1. The van der Waals surface area contributed by atoms with Gasteiger partial charge in [0.1, 0.15) is 5.82 Å². The molecule has 0 spiro atoms. The van der Waals surface area contributed by atoms with E-state index in [9.17, 15) is 0 Å². The highest BCUT2D eigenvalue weighted by Gasteiger charge is 2.21. The maximum atomic E-state index is 4.89. The largest absolute Gasteiger partial charge is 0.377 e. The Hall–Kier alpha value is -2.90. The SMILES string of the molecule is CCN(CC)CCNc1nc(NC2CCN(Cc3ccccc3N(C)C)CC2)c2ccccc2n1. The summed E-state index contributed by atoms with van der Waals surface area (Å²) in [6.07, 6.45) is 2.21. The standard InChI is InChI=1S/C28H41N7/c1-5-34(6-2)20-17-29-28-31-25-13-9-8-12-24(25)27(32-28)30-23-15-18-35(19-16-23)21-22-11-7-10-14-26(22)33(3)4/h7-14,23H,5-6,15-21H2,1-4H3,(H2,29,30,31,32). The van der Waals surface area contributed by atoms with Gasteiger partial charge in [0.2, 0.25) is 5.95 Å². The van der Waals surface area contributed by atoms with Crippen LogP contribution in [-0.4, -0.2) is 79.2 Å². The molecule has 1 aliphatic heterocycles. The topological polar surface area (TPSA) is 59.6 Å². The first-order valence-corrected chi connectivity index (χ1v) is 13.0. The number of likely N-dealkylation sites (tertiary alicyclic amines) is 1. The van der Waals surface area contributed by atoms with Gasteiger partial charge in [-0.1, -0.05) is 44.2 Å². The minimum atomic E-state index is 0.414. The number of nitrogens with zero attached hydrogens (tertiary/aromatic N) is 5. The molecule has 2 N–H and O–H groups in total. The molecule has 7 heteroatoms. The number of rotatable bonds is 11. The maximum Gasteiger partial charge on any atom is 0.225 e. The van der Waals surface area contributed by atoms with E-state index in [4.69, 9.17) is 9.97 Å². The summed E-state index contributed by atoms with van der Waals surface area (Å²) in [6, 6.07) is 17.4. The molecule has 2 aromatic carbocycles. The fourth-order valence-electron chi connectivity index (χ4n) is 4.88. The first-order valence-electron chi connectivity index (χ1n) is 13.0. The number of likely N-dealkylation sites (N-methyl/N-ethyl adjacent to an activating group) is 1. The van der Waals surface area contributed by atoms with Gasteiger partial charge in [0, 0.05) is 63.9 Å². The average molecular weight is 476 g/mol. The molecule has 0 atom stereocenters. The number of anilines is 3. The van der Waals surface area contributed by atoms with E-state index in [-0.39, 0.29) is 0 Å². The minimum absolute atomic E-state index is 0.414. The summed E-state index contributed by atoms with van der Waals surface area (Å²) in [5.74, 6) is 1.65. The highest BCUT2D eigenvalue weighted by Crippen LogP contribution is 2.26. The number of nitrogens with one attached hydrogen (secondary N) is 2. The van der Waals surface area contributed by atoms with Gasteiger partial charge in [0.05, 0.1) is 5.52 Å². The number of hydrogen-bond acceptors (Lipinski definition) is 7. The first kappa shape index (κ1) is 25.2. The van der Waals surface area contributed by atoms with Crippen LogP contribution in [0.3, 0.4) is 0 Å². The van der Waals surface area contributed by atoms with E-state index < -0.39 is 0 Å². The Bertz CT molecular complexity index is 1070. The Morgan fingerprint density at radius 2 is 1.66 bits per heavy atom. The molecule has 0 amide bonds. The second-order valence-corrected chi connectivity index (χ2v) is 9.58. The van der Waals surface area contributed by atoms with E-state index in [0.717, 1.165) is 75.4 Å². The molecule has 1 aliphatic rings. The van der Waals surface area contributed by atoms with Gasteiger partial charge < -0.3 is 20.4 Å². The van der Waals surface area contributed by atoms with Crippen molar-refractivity contribution in [1.29, 1.82) is 0 Å². The van der Waals surface area contributed by atoms with Gasteiger partial charge in [-0.3, -0.25) is 4.90 Å². The summed E-state index contributed by atoms with van der Waals surface area (Å²) in [5.41, 5.74) is 3.68. The van der Waals surface area contributed by atoms with Crippen molar-refractivity contribution >= 4 is 28.4 Å². The van der Waals surface area contributed by atoms with Gasteiger partial charge in [-0.25, -0.2) is 4.98 Å². The maximum absolute atomic E-state index is 4.89. The van der Waals surface area contributed by atoms with E-state index in [1.165, 1.54) is 11.3 Å². The lowest BCUT2D eigenvalue weighted by Gasteiger charge is -2.33. The Morgan fingerprint density at radius 1 is 0.943 bits per heavy atom. The van der Waals surface area contributed by atoms with Crippen molar-refractivity contribution in [3.8, 4) is 0 Å². The van der Waals surface area contributed by atoms with Crippen molar-refractivity contribution < 1.29 is 0 Å². The number of piperidine rings is 1. The highest BCUT2D eigenvalue weighted by molar-refractivity contribution is 5.90. The molecule has 0 aliphatic carbocycles. The second-order valence-electron chi connectivity index (χ2n) is 9.58. The molecular weight excluding hydrogens is 434 g/mol. The highest BCUT2D eigenvalue weighted by atomic mass is 15.2. The van der Waals surface area contributed by atoms with E-state index in [1.807, 2.05) is 6.07 Å². The Morgan fingerprint density at radius 3 is 2.40 bits per heavy atom. The Balaban J connectivity index is 1.39. The predicted molar refractivity (Wildman–Crippen MR) is 149 cm³/mol. The molecular formula is C28H41N7. The van der Waals surface area contributed by atoms with E-state index >= 15 is 0 Å². The van der Waals surface area contributed by atoms with Gasteiger partial charge in [0.25, 0.3) is 0 Å². The summed E-state index contributed by atoms with van der Waals surface area (Å²) < 4.78 is 0. The van der Waals surface area contributed by atoms with Crippen LogP contribution in [-0.2, 0) is 6.54 Å². The zero-order valence-electron chi connectivity index (χ0n) is 21.8. The van der Waals surface area contributed by atoms with Crippen LogP contribution in [0.4, 0.5) is 17.5 Å². The van der Waals surface area contributed by atoms with Crippen LogP contribution < -0.4 is 15.5 Å². The number of hydrogen-bond donors (Lipinski definition) is 2. The van der Waals surface area contributed by atoms with Gasteiger partial charge in [-0.2, -0.15) is 4.98 Å². The molecule has 3 aromatic rings. The smallest absolute Gasteiger partial charge is 0.225 e. The van der Waals surface area contributed by atoms with Gasteiger partial charge in [-0.05, 0) is 49.7 Å². The first-order chi connectivity index (χ1) is 17.1. The molecule has 35 heavy (non-hydrogen) atoms. The monoisotopic (exact) mass is 475 g/mol. The van der Waals surface area contributed by atoms with Crippen LogP contribution >= 0.6 is 0 Å². The average Bonchev–Trinajstić information content (AvgIpc) is 2.88. The van der Waals surface area contributed by atoms with Crippen LogP contribution in [0.15, 0.2) is 48.5 Å². The summed E-state index contributed by atoms with van der Waals surface area (Å²) in [7, 11) is 4.24. The quantitative estimate of drug-likeness (QED) is 0.423. The summed E-state index contributed by atoms with van der Waals surface area (Å²) in [6.45, 7) is 11.5. The zero-order valence-corrected chi connectivity index (χ0v) is 21.8. The van der Waals surface area contributed by atoms with Gasteiger partial charge in [0.15, 0.2) is 0 Å². The lowest BCUT2D eigenvalue weighted by Crippen LogP contribution is -2.39. The second kappa shape index (κ2) is 12.2. The predicted octanol–water partition coefficient (Wildman–Crippen LogP) is 4.53. The molecule has 7 nitrogen and oxygen atoms in total. The number of aromatic nitrogens is 2. The third-order valence-corrected chi connectivity index (χ3v) is 7.00. The van der Waals surface area contributed by atoms with Gasteiger partial charge >= 0.3 is 0 Å². The normalized spacial score (nSPS) is 15.0. The van der Waals surface area contributed by atoms with Crippen LogP contribution in [0.1, 0.15) is 32.3 Å². The van der Waals surface area contributed by atoms with Crippen molar-refractivity contribution in [2.45, 2.75) is 39.3 Å². The van der Waals surface area contributed by atoms with Crippen molar-refractivity contribution in [3.05, 3.63) is 54.1 Å². The van der Waals surface area contributed by atoms with Crippen molar-refractivity contribution in [2.75, 3.05) is 68.9 Å². The summed E-state index contributed by atoms with van der Waals surface area (Å²) in [4.78, 5) is 16.8. The lowest BCUT2D eigenvalue weighted by molar-refractivity contribution is 0.211. The van der Waals surface area contributed by atoms with Crippen LogP contribution in [0.5, 0.6) is 0 Å². The summed E-state index contributed by atoms with van der Waals surface area (Å²) >= 11 is 0. The zero-order chi connectivity index (χ0) is 24.6. The number of benzene rings is 2. The van der Waals surface area contributed by atoms with Crippen molar-refractivity contribution in [1.82, 2.24) is 19.8 Å². The number of para-hydroxylation sites is 2. The van der Waals surface area contributed by atoms with Crippen LogP contribution in [0.25, 0.3) is 10.9 Å². The summed E-state index contributed by atoms with van der Waals surface area (Å²) in [5, 5.41) is 8.30. The molecule has 0 bridgehead atoms. The van der Waals surface area contributed by atoms with Gasteiger partial charge in [-0.15, -0.1) is 0 Å². The fraction of sp³-hybridized carbons (Fsp3) is 0.500. The van der Waals surface area contributed by atoms with Crippen molar-refractivity contribution in [3.63, 3.8) is 0 Å². The molecule has 188 valence electrons. The molecule has 0 saturated carbocycles. The molecule has 0 unspecified atom stereocenters. The fourth-order valence-corrected chi connectivity index (χ4v) is 4.88. The lowest BCUT2D eigenvalue weighted by atomic mass is 10.0. The molecule has 2 heterocycles. The van der Waals surface area contributed by atoms with Crippen molar-refractivity contribution in [2.24, 2.45) is 0 Å². The molecule has 1 fully saturated rings. The van der Waals surface area contributed by atoms with E-state index in [1.54, 1.807) is 0 Å². The third-order valence-electron chi connectivity index (χ3n) is 7.00. The van der Waals surface area contributed by atoms with Crippen LogP contribution in [0, 0.1) is 0 Å².